The van der Waals surface area contributed by atoms with Crippen molar-refractivity contribution in [3.05, 3.63) is 35.0 Å². The molecule has 2 rings (SSSR count). The van der Waals surface area contributed by atoms with E-state index < -0.39 is 0 Å². The maximum atomic E-state index is 11.3. The molecule has 0 N–H and O–H groups in total. The summed E-state index contributed by atoms with van der Waals surface area (Å²) >= 11 is 6.31. The smallest absolute Gasteiger partial charge is 0.130 e. The van der Waals surface area contributed by atoms with E-state index in [4.69, 9.17) is 11.6 Å². The van der Waals surface area contributed by atoms with Gasteiger partial charge in [0.05, 0.1) is 5.02 Å². The van der Waals surface area contributed by atoms with E-state index in [0.717, 1.165) is 22.5 Å². The van der Waals surface area contributed by atoms with Gasteiger partial charge in [0.1, 0.15) is 5.78 Å². The van der Waals surface area contributed by atoms with Crippen molar-refractivity contribution >= 4 is 28.3 Å². The molecule has 1 heterocycles. The number of nitrogens with zero attached hydrogens (tertiary/aromatic N) is 1. The molecule has 0 aliphatic carbocycles. The number of hydrogen-bond acceptors (Lipinski definition) is 1. The fourth-order valence-corrected chi connectivity index (χ4v) is 2.79. The molecule has 0 amide bonds. The Labute approximate surface area is 113 Å². The van der Waals surface area contributed by atoms with Crippen LogP contribution in [0.3, 0.4) is 0 Å². The van der Waals surface area contributed by atoms with Crippen molar-refractivity contribution in [2.75, 3.05) is 0 Å². The molecule has 2 nitrogen and oxygen atoms in total. The molecule has 1 atom stereocenters. The second-order valence-corrected chi connectivity index (χ2v) is 5.22. The molecule has 0 fully saturated rings. The molecular weight excluding hydrogens is 246 g/mol. The van der Waals surface area contributed by atoms with Crippen LogP contribution in [-0.4, -0.2) is 10.4 Å². The Bertz CT molecular complexity index is 585. The van der Waals surface area contributed by atoms with Crippen molar-refractivity contribution < 1.29 is 4.79 Å². The van der Waals surface area contributed by atoms with Gasteiger partial charge in [-0.3, -0.25) is 0 Å². The summed E-state index contributed by atoms with van der Waals surface area (Å²) in [5, 5.41) is 1.86. The molecule has 18 heavy (non-hydrogen) atoms. The minimum Gasteiger partial charge on any atom is -0.347 e. The summed E-state index contributed by atoms with van der Waals surface area (Å²) in [6.45, 7) is 6.74. The number of benzene rings is 1. The van der Waals surface area contributed by atoms with Crippen LogP contribution in [-0.2, 0) is 11.3 Å². The Morgan fingerprint density at radius 1 is 1.44 bits per heavy atom. The quantitative estimate of drug-likeness (QED) is 0.801. The molecule has 0 aliphatic rings. The summed E-state index contributed by atoms with van der Waals surface area (Å²) in [4.78, 5) is 11.3. The third kappa shape index (κ3) is 2.30. The average Bonchev–Trinajstić information content (AvgIpc) is 2.68. The lowest BCUT2D eigenvalue weighted by Gasteiger charge is -2.08. The molecule has 1 unspecified atom stereocenters. The van der Waals surface area contributed by atoms with Crippen LogP contribution >= 0.6 is 11.6 Å². The Kier molecular flexibility index (Phi) is 3.76. The molecule has 0 radical (unpaired) electrons. The van der Waals surface area contributed by atoms with Gasteiger partial charge in [0.15, 0.2) is 0 Å². The molecule has 1 aromatic heterocycles. The fraction of sp³-hybridized carbons (Fsp3) is 0.400. The van der Waals surface area contributed by atoms with Crippen LogP contribution in [0.4, 0.5) is 0 Å². The lowest BCUT2D eigenvalue weighted by molar-refractivity contribution is -0.117. The monoisotopic (exact) mass is 263 g/mol. The predicted molar refractivity (Wildman–Crippen MR) is 76.3 cm³/mol. The van der Waals surface area contributed by atoms with E-state index in [1.54, 1.807) is 6.92 Å². The molecular formula is C15H18ClNO. The molecule has 0 bridgehead atoms. The zero-order valence-corrected chi connectivity index (χ0v) is 11.8. The Morgan fingerprint density at radius 3 is 2.78 bits per heavy atom. The topological polar surface area (TPSA) is 22.0 Å². The van der Waals surface area contributed by atoms with Gasteiger partial charge in [0, 0.05) is 30.1 Å². The summed E-state index contributed by atoms with van der Waals surface area (Å²) in [6.07, 6.45) is 2.69. The molecule has 0 saturated carbocycles. The number of halogens is 1. The van der Waals surface area contributed by atoms with Gasteiger partial charge in [-0.15, -0.1) is 0 Å². The minimum atomic E-state index is 0.206. The lowest BCUT2D eigenvalue weighted by Crippen LogP contribution is -2.00. The molecule has 1 aromatic carbocycles. The first-order valence-electron chi connectivity index (χ1n) is 6.31. The van der Waals surface area contributed by atoms with Gasteiger partial charge >= 0.3 is 0 Å². The van der Waals surface area contributed by atoms with E-state index in [2.05, 4.69) is 30.7 Å². The zero-order chi connectivity index (χ0) is 13.3. The van der Waals surface area contributed by atoms with Crippen molar-refractivity contribution in [1.82, 2.24) is 4.57 Å². The second kappa shape index (κ2) is 5.15. The van der Waals surface area contributed by atoms with Crippen molar-refractivity contribution in [3.63, 3.8) is 0 Å². The summed E-state index contributed by atoms with van der Waals surface area (Å²) in [6, 6.07) is 5.96. The number of aryl methyl sites for hydroxylation is 1. The highest BCUT2D eigenvalue weighted by molar-refractivity contribution is 6.35. The van der Waals surface area contributed by atoms with Crippen molar-refractivity contribution in [3.8, 4) is 0 Å². The average molecular weight is 264 g/mol. The molecule has 96 valence electrons. The standard InChI is InChI=1S/C15H18ClNO/c1-4-17-9-12(10(2)8-11(3)18)15-13(16)6-5-7-14(15)17/h5-7,9-10H,4,8H2,1-3H3. The Balaban J connectivity index is 2.60. The van der Waals surface area contributed by atoms with Crippen LogP contribution in [0.2, 0.25) is 5.02 Å². The maximum absolute atomic E-state index is 11.3. The van der Waals surface area contributed by atoms with Gasteiger partial charge in [-0.1, -0.05) is 24.6 Å². The first kappa shape index (κ1) is 13.2. The summed E-state index contributed by atoms with van der Waals surface area (Å²) in [7, 11) is 0. The second-order valence-electron chi connectivity index (χ2n) is 4.81. The molecule has 0 spiro atoms. The van der Waals surface area contributed by atoms with E-state index in [9.17, 15) is 4.79 Å². The Hall–Kier alpha value is -1.28. The van der Waals surface area contributed by atoms with E-state index >= 15 is 0 Å². The third-order valence-corrected chi connectivity index (χ3v) is 3.66. The van der Waals surface area contributed by atoms with Gasteiger partial charge < -0.3 is 9.36 Å². The summed E-state index contributed by atoms with van der Waals surface area (Å²) < 4.78 is 2.19. The lowest BCUT2D eigenvalue weighted by atomic mass is 9.96. The number of carbonyl (C=O) groups excluding carboxylic acids is 1. The van der Waals surface area contributed by atoms with Crippen LogP contribution in [0.25, 0.3) is 10.9 Å². The molecule has 0 saturated heterocycles. The molecule has 3 heteroatoms. The predicted octanol–water partition coefficient (Wildman–Crippen LogP) is 4.40. The van der Waals surface area contributed by atoms with E-state index in [1.807, 2.05) is 12.1 Å². The Morgan fingerprint density at radius 2 is 2.17 bits per heavy atom. The first-order valence-corrected chi connectivity index (χ1v) is 6.69. The van der Waals surface area contributed by atoms with E-state index in [0.29, 0.717) is 6.42 Å². The highest BCUT2D eigenvalue weighted by Crippen LogP contribution is 2.34. The highest BCUT2D eigenvalue weighted by Gasteiger charge is 2.17. The normalized spacial score (nSPS) is 12.9. The van der Waals surface area contributed by atoms with Crippen molar-refractivity contribution in [2.45, 2.75) is 39.7 Å². The first-order chi connectivity index (χ1) is 8.54. The molecule has 0 aliphatic heterocycles. The van der Waals surface area contributed by atoms with Crippen LogP contribution in [0.1, 0.15) is 38.7 Å². The van der Waals surface area contributed by atoms with Gasteiger partial charge in [-0.05, 0) is 37.5 Å². The number of aromatic nitrogens is 1. The maximum Gasteiger partial charge on any atom is 0.130 e. The van der Waals surface area contributed by atoms with Crippen LogP contribution in [0.15, 0.2) is 24.4 Å². The van der Waals surface area contributed by atoms with Crippen LogP contribution < -0.4 is 0 Å². The number of ketones is 1. The van der Waals surface area contributed by atoms with E-state index in [-0.39, 0.29) is 11.7 Å². The molecule has 2 aromatic rings. The number of fused-ring (bicyclic) bond motifs is 1. The number of hydrogen-bond donors (Lipinski definition) is 0. The summed E-state index contributed by atoms with van der Waals surface area (Å²) in [5.41, 5.74) is 2.32. The SMILES string of the molecule is CCn1cc(C(C)CC(C)=O)c2c(Cl)cccc21. The number of rotatable bonds is 4. The van der Waals surface area contributed by atoms with Crippen LogP contribution in [0, 0.1) is 0 Å². The van der Waals surface area contributed by atoms with Crippen LogP contribution in [0.5, 0.6) is 0 Å². The van der Waals surface area contributed by atoms with E-state index in [1.165, 1.54) is 5.56 Å². The largest absolute Gasteiger partial charge is 0.347 e. The third-order valence-electron chi connectivity index (χ3n) is 3.35. The number of Topliss-reactive ketones (excluding diaryl/α,β-unsaturated/α-hetero) is 1. The van der Waals surface area contributed by atoms with Gasteiger partial charge in [-0.2, -0.15) is 0 Å². The fourth-order valence-electron chi connectivity index (χ4n) is 2.52. The van der Waals surface area contributed by atoms with Gasteiger partial charge in [-0.25, -0.2) is 0 Å². The van der Waals surface area contributed by atoms with Gasteiger partial charge in [0.2, 0.25) is 0 Å². The van der Waals surface area contributed by atoms with Crippen molar-refractivity contribution in [1.29, 1.82) is 0 Å². The minimum absolute atomic E-state index is 0.206. The highest BCUT2D eigenvalue weighted by atomic mass is 35.5. The zero-order valence-electron chi connectivity index (χ0n) is 11.0. The van der Waals surface area contributed by atoms with Crippen molar-refractivity contribution in [2.24, 2.45) is 0 Å². The van der Waals surface area contributed by atoms with Gasteiger partial charge in [0.25, 0.3) is 0 Å². The number of carbonyl (C=O) groups is 1. The summed E-state index contributed by atoms with van der Waals surface area (Å²) in [5.74, 6) is 0.421.